The second kappa shape index (κ2) is 8.43. The number of rotatable bonds is 4. The molecule has 3 aromatic rings. The molecule has 0 amide bonds. The van der Waals surface area contributed by atoms with E-state index in [2.05, 4.69) is 20.6 Å². The van der Waals surface area contributed by atoms with Gasteiger partial charge in [-0.25, -0.2) is 0 Å². The van der Waals surface area contributed by atoms with Gasteiger partial charge in [0.25, 0.3) is 0 Å². The van der Waals surface area contributed by atoms with E-state index in [4.69, 9.17) is 4.74 Å². The van der Waals surface area contributed by atoms with E-state index in [1.165, 1.54) is 13.8 Å². The van der Waals surface area contributed by atoms with E-state index >= 15 is 0 Å². The molecule has 0 aliphatic carbocycles. The maximum atomic E-state index is 9.44. The predicted octanol–water partition coefficient (Wildman–Crippen LogP) is 3.04. The van der Waals surface area contributed by atoms with Crippen LogP contribution in [0.1, 0.15) is 19.4 Å². The molecule has 6 nitrogen and oxygen atoms in total. The molecule has 23 heavy (non-hydrogen) atoms. The Labute approximate surface area is 134 Å². The van der Waals surface area contributed by atoms with E-state index in [9.17, 15) is 4.79 Å². The van der Waals surface area contributed by atoms with Crippen LogP contribution in [-0.4, -0.2) is 26.4 Å². The summed E-state index contributed by atoms with van der Waals surface area (Å²) in [6, 6.07) is 17.7. The van der Waals surface area contributed by atoms with Crippen molar-refractivity contribution in [1.29, 1.82) is 0 Å². The number of carbonyl (C=O) groups is 1. The molecular weight excluding hydrogens is 292 g/mol. The summed E-state index contributed by atoms with van der Waals surface area (Å²) >= 11 is 0. The average molecular weight is 310 g/mol. The molecule has 0 aliphatic rings. The molecule has 0 bridgehead atoms. The van der Waals surface area contributed by atoms with E-state index in [0.29, 0.717) is 12.4 Å². The Morgan fingerprint density at radius 1 is 1.04 bits per heavy atom. The number of aromatic nitrogens is 4. The summed E-state index contributed by atoms with van der Waals surface area (Å²) in [5.41, 5.74) is 2.05. The minimum atomic E-state index is 0.167. The first-order chi connectivity index (χ1) is 11.1. The molecule has 3 rings (SSSR count). The Bertz CT molecular complexity index is 706. The fraction of sp³-hybridized carbons (Fsp3) is 0.176. The molecule has 2 aromatic carbocycles. The van der Waals surface area contributed by atoms with Crippen molar-refractivity contribution in [2.24, 2.45) is 0 Å². The van der Waals surface area contributed by atoms with Crippen molar-refractivity contribution in [3.8, 4) is 17.1 Å². The van der Waals surface area contributed by atoms with Crippen LogP contribution in [-0.2, 0) is 11.4 Å². The van der Waals surface area contributed by atoms with Crippen LogP contribution in [0.3, 0.4) is 0 Å². The number of carbonyl (C=O) groups excluding carboxylic acids is 1. The highest BCUT2D eigenvalue weighted by atomic mass is 16.5. The third kappa shape index (κ3) is 5.70. The van der Waals surface area contributed by atoms with Crippen molar-refractivity contribution in [3.63, 3.8) is 0 Å². The van der Waals surface area contributed by atoms with Crippen LogP contribution in [0.5, 0.6) is 5.75 Å². The molecule has 0 radical (unpaired) electrons. The summed E-state index contributed by atoms with van der Waals surface area (Å²) in [6.45, 7) is 3.61. The largest absolute Gasteiger partial charge is 0.489 e. The van der Waals surface area contributed by atoms with E-state index < -0.39 is 0 Å². The fourth-order valence-electron chi connectivity index (χ4n) is 1.73. The summed E-state index contributed by atoms with van der Waals surface area (Å²) in [7, 11) is 0. The van der Waals surface area contributed by atoms with E-state index in [1.54, 1.807) is 0 Å². The lowest BCUT2D eigenvalue weighted by Crippen LogP contribution is -1.94. The van der Waals surface area contributed by atoms with Gasteiger partial charge in [0.05, 0.1) is 0 Å². The second-order valence-corrected chi connectivity index (χ2v) is 4.94. The predicted molar refractivity (Wildman–Crippen MR) is 86.7 cm³/mol. The smallest absolute Gasteiger partial charge is 0.204 e. The van der Waals surface area contributed by atoms with Crippen LogP contribution in [0, 0.1) is 0 Å². The molecule has 6 heteroatoms. The Hall–Kier alpha value is -3.02. The van der Waals surface area contributed by atoms with Crippen molar-refractivity contribution >= 4 is 5.78 Å². The van der Waals surface area contributed by atoms with Gasteiger partial charge in [0.2, 0.25) is 5.82 Å². The summed E-state index contributed by atoms with van der Waals surface area (Å²) in [5.74, 6) is 1.56. The first-order valence-electron chi connectivity index (χ1n) is 7.13. The number of hydrogen-bond acceptors (Lipinski definition) is 5. The molecule has 0 saturated heterocycles. The number of ketones is 1. The molecule has 0 fully saturated rings. The highest BCUT2D eigenvalue weighted by Crippen LogP contribution is 2.19. The molecule has 0 aliphatic heterocycles. The molecule has 0 unspecified atom stereocenters. The summed E-state index contributed by atoms with van der Waals surface area (Å²) in [6.07, 6.45) is 0. The number of benzene rings is 2. The van der Waals surface area contributed by atoms with Crippen LogP contribution < -0.4 is 4.74 Å². The van der Waals surface area contributed by atoms with Crippen molar-refractivity contribution < 1.29 is 9.53 Å². The maximum Gasteiger partial charge on any atom is 0.204 e. The molecule has 1 heterocycles. The topological polar surface area (TPSA) is 80.8 Å². The molecule has 0 saturated carbocycles. The van der Waals surface area contributed by atoms with E-state index in [1.807, 2.05) is 54.6 Å². The quantitative estimate of drug-likeness (QED) is 0.801. The zero-order valence-electron chi connectivity index (χ0n) is 13.1. The summed E-state index contributed by atoms with van der Waals surface area (Å²) < 4.78 is 5.70. The average Bonchev–Trinajstić information content (AvgIpc) is 3.08. The monoisotopic (exact) mass is 310 g/mol. The molecule has 1 N–H and O–H groups in total. The van der Waals surface area contributed by atoms with Gasteiger partial charge < -0.3 is 9.53 Å². The van der Waals surface area contributed by atoms with Gasteiger partial charge in [-0.3, -0.25) is 0 Å². The van der Waals surface area contributed by atoms with Crippen LogP contribution in [0.2, 0.25) is 0 Å². The van der Waals surface area contributed by atoms with Gasteiger partial charge in [-0.2, -0.15) is 5.21 Å². The van der Waals surface area contributed by atoms with Gasteiger partial charge in [0.1, 0.15) is 18.1 Å². The third-order valence-corrected chi connectivity index (χ3v) is 2.71. The molecule has 0 spiro atoms. The third-order valence-electron chi connectivity index (χ3n) is 2.71. The number of tetrazole rings is 1. The van der Waals surface area contributed by atoms with E-state index in [-0.39, 0.29) is 5.78 Å². The van der Waals surface area contributed by atoms with Gasteiger partial charge in [-0.1, -0.05) is 30.3 Å². The lowest BCUT2D eigenvalue weighted by Gasteiger charge is -2.06. The lowest BCUT2D eigenvalue weighted by molar-refractivity contribution is -0.114. The van der Waals surface area contributed by atoms with Gasteiger partial charge in [-0.15, -0.1) is 10.2 Å². The minimum Gasteiger partial charge on any atom is -0.489 e. The number of H-pyrrole nitrogens is 1. The van der Waals surface area contributed by atoms with Crippen molar-refractivity contribution in [2.45, 2.75) is 20.5 Å². The number of hydrogen-bond donors (Lipinski definition) is 1. The molecular formula is C17H18N4O2. The van der Waals surface area contributed by atoms with Gasteiger partial charge in [-0.05, 0) is 48.9 Å². The van der Waals surface area contributed by atoms with Crippen molar-refractivity contribution in [3.05, 3.63) is 60.2 Å². The number of ether oxygens (including phenoxy) is 1. The second-order valence-electron chi connectivity index (χ2n) is 4.94. The number of Topliss-reactive ketones (excluding diaryl/α,β-unsaturated/α-hetero) is 1. The Morgan fingerprint density at radius 3 is 2.26 bits per heavy atom. The number of nitrogens with zero attached hydrogens (tertiary/aromatic N) is 3. The van der Waals surface area contributed by atoms with Crippen LogP contribution in [0.25, 0.3) is 11.4 Å². The summed E-state index contributed by atoms with van der Waals surface area (Å²) in [4.78, 5) is 9.44. The van der Waals surface area contributed by atoms with Gasteiger partial charge >= 0.3 is 0 Å². The zero-order valence-corrected chi connectivity index (χ0v) is 13.1. The summed E-state index contributed by atoms with van der Waals surface area (Å²) in [5, 5.41) is 13.8. The molecule has 0 atom stereocenters. The molecule has 1 aromatic heterocycles. The van der Waals surface area contributed by atoms with Gasteiger partial charge in [0.15, 0.2) is 0 Å². The maximum absolute atomic E-state index is 9.44. The normalized spacial score (nSPS) is 9.65. The first kappa shape index (κ1) is 16.4. The van der Waals surface area contributed by atoms with Crippen LogP contribution in [0.15, 0.2) is 54.6 Å². The number of aromatic amines is 1. The Morgan fingerprint density at radius 2 is 1.70 bits per heavy atom. The Kier molecular flexibility index (Phi) is 5.99. The standard InChI is InChI=1S/C14H12N4O.C3H6O/c1-2-4-11(5-3-1)10-19-13-8-6-12(7-9-13)14-15-17-18-16-14;1-3(2)4/h1-9H,10H2,(H,15,16,17,18);1-2H3. The SMILES string of the molecule is CC(C)=O.c1ccc(COc2ccc(-c3nn[nH]n3)cc2)cc1. The highest BCUT2D eigenvalue weighted by molar-refractivity contribution is 5.72. The van der Waals surface area contributed by atoms with Crippen LogP contribution in [0.4, 0.5) is 0 Å². The number of nitrogens with one attached hydrogen (secondary N) is 1. The first-order valence-corrected chi connectivity index (χ1v) is 7.13. The van der Waals surface area contributed by atoms with Gasteiger partial charge in [0, 0.05) is 5.56 Å². The molecule has 118 valence electrons. The fourth-order valence-corrected chi connectivity index (χ4v) is 1.73. The Balaban J connectivity index is 0.000000433. The van der Waals surface area contributed by atoms with Crippen molar-refractivity contribution in [1.82, 2.24) is 20.6 Å². The lowest BCUT2D eigenvalue weighted by atomic mass is 10.2. The van der Waals surface area contributed by atoms with Crippen LogP contribution >= 0.6 is 0 Å². The van der Waals surface area contributed by atoms with Crippen molar-refractivity contribution in [2.75, 3.05) is 0 Å². The minimum absolute atomic E-state index is 0.167. The van der Waals surface area contributed by atoms with E-state index in [0.717, 1.165) is 16.9 Å². The highest BCUT2D eigenvalue weighted by Gasteiger charge is 2.02. The zero-order chi connectivity index (χ0) is 16.5.